The topological polar surface area (TPSA) is 84.9 Å². The van der Waals surface area contributed by atoms with Gasteiger partial charge in [-0.05, 0) is 20.3 Å². The number of hydrogen-bond acceptors (Lipinski definition) is 6. The number of carbonyl (C=O) groups excluding carboxylic acids is 1. The number of methoxy groups -OCH3 is 3. The molecule has 0 unspecified atom stereocenters. The normalized spacial score (nSPS) is 13.9. The summed E-state index contributed by atoms with van der Waals surface area (Å²) in [4.78, 5) is 20.6. The summed E-state index contributed by atoms with van der Waals surface area (Å²) in [5.74, 6) is 2.96. The summed E-state index contributed by atoms with van der Waals surface area (Å²) >= 11 is 0. The second-order valence-electron chi connectivity index (χ2n) is 6.67. The van der Waals surface area contributed by atoms with Gasteiger partial charge in [-0.25, -0.2) is 4.79 Å². The third kappa shape index (κ3) is 7.51. The third-order valence-corrected chi connectivity index (χ3v) is 4.88. The van der Waals surface area contributed by atoms with Crippen LogP contribution in [-0.2, 0) is 11.2 Å². The molecule has 1 aromatic carbocycles. The summed E-state index contributed by atoms with van der Waals surface area (Å²) in [7, 11) is 4.88. The van der Waals surface area contributed by atoms with Crippen molar-refractivity contribution in [2.24, 2.45) is 4.99 Å². The fourth-order valence-corrected chi connectivity index (χ4v) is 3.34. The Morgan fingerprint density at radius 2 is 1.58 bits per heavy atom. The molecule has 0 aliphatic carbocycles. The van der Waals surface area contributed by atoms with Crippen molar-refractivity contribution in [3.63, 3.8) is 0 Å². The SMILES string of the molecule is CCNC(=NCCc1c(OC)cc(OC)cc1OC)N1CCN(C(=O)OCC)CC1.I. The van der Waals surface area contributed by atoms with Crippen molar-refractivity contribution in [3.05, 3.63) is 17.7 Å². The Balaban J connectivity index is 0.00000480. The molecule has 1 amide bonds. The maximum Gasteiger partial charge on any atom is 0.409 e. The lowest BCUT2D eigenvalue weighted by Crippen LogP contribution is -2.54. The average Bonchev–Trinajstić information content (AvgIpc) is 2.78. The van der Waals surface area contributed by atoms with Crippen molar-refractivity contribution in [2.45, 2.75) is 20.3 Å². The molecule has 0 radical (unpaired) electrons. The van der Waals surface area contributed by atoms with E-state index in [-0.39, 0.29) is 30.1 Å². The van der Waals surface area contributed by atoms with Crippen molar-refractivity contribution in [1.82, 2.24) is 15.1 Å². The highest BCUT2D eigenvalue weighted by Gasteiger charge is 2.23. The lowest BCUT2D eigenvalue weighted by Gasteiger charge is -2.35. The molecule has 1 aliphatic rings. The fraction of sp³-hybridized carbons (Fsp3) is 0.619. The second kappa shape index (κ2) is 14.0. The molecule has 2 rings (SSSR count). The van der Waals surface area contributed by atoms with Crippen LogP contribution in [0.3, 0.4) is 0 Å². The number of benzene rings is 1. The molecular formula is C21H35IN4O5. The molecule has 0 bridgehead atoms. The molecular weight excluding hydrogens is 515 g/mol. The minimum atomic E-state index is -0.252. The zero-order valence-electron chi connectivity index (χ0n) is 19.1. The second-order valence-corrected chi connectivity index (χ2v) is 6.67. The first-order valence-electron chi connectivity index (χ1n) is 10.3. The third-order valence-electron chi connectivity index (χ3n) is 4.88. The molecule has 1 heterocycles. The lowest BCUT2D eigenvalue weighted by atomic mass is 10.1. The van der Waals surface area contributed by atoms with Crippen molar-refractivity contribution in [2.75, 3.05) is 67.2 Å². The first-order valence-corrected chi connectivity index (χ1v) is 10.3. The van der Waals surface area contributed by atoms with Gasteiger partial charge in [0.25, 0.3) is 0 Å². The standard InChI is InChI=1S/C21H34N4O5.HI/c1-6-22-20(24-10-12-25(13-11-24)21(26)30-7-2)23-9-8-17-18(28-4)14-16(27-3)15-19(17)29-5;/h14-15H,6-13H2,1-5H3,(H,22,23);1H. The van der Waals surface area contributed by atoms with Crippen LogP contribution in [-0.4, -0.2) is 89.1 Å². The molecule has 1 aromatic rings. The van der Waals surface area contributed by atoms with E-state index in [0.29, 0.717) is 51.5 Å². The number of aliphatic imine (C=N–C) groups is 1. The van der Waals surface area contributed by atoms with E-state index in [1.54, 1.807) is 26.2 Å². The van der Waals surface area contributed by atoms with Gasteiger partial charge in [0.2, 0.25) is 0 Å². The average molecular weight is 550 g/mol. The van der Waals surface area contributed by atoms with Gasteiger partial charge in [-0.3, -0.25) is 4.99 Å². The molecule has 1 N–H and O–H groups in total. The van der Waals surface area contributed by atoms with Gasteiger partial charge in [0.1, 0.15) is 17.2 Å². The smallest absolute Gasteiger partial charge is 0.409 e. The first-order chi connectivity index (χ1) is 14.6. The number of ether oxygens (including phenoxy) is 4. The molecule has 1 fully saturated rings. The van der Waals surface area contributed by atoms with E-state index in [9.17, 15) is 4.79 Å². The van der Waals surface area contributed by atoms with Gasteiger partial charge in [-0.1, -0.05) is 0 Å². The first kappa shape index (κ1) is 26.9. The van der Waals surface area contributed by atoms with Crippen molar-refractivity contribution < 1.29 is 23.7 Å². The van der Waals surface area contributed by atoms with E-state index in [0.717, 1.165) is 29.6 Å². The molecule has 31 heavy (non-hydrogen) atoms. The van der Waals surface area contributed by atoms with Crippen LogP contribution < -0.4 is 19.5 Å². The zero-order valence-corrected chi connectivity index (χ0v) is 21.4. The molecule has 9 nitrogen and oxygen atoms in total. The van der Waals surface area contributed by atoms with Crippen LogP contribution in [0.2, 0.25) is 0 Å². The Kier molecular flexibility index (Phi) is 12.2. The van der Waals surface area contributed by atoms with E-state index in [1.165, 1.54) is 0 Å². The van der Waals surface area contributed by atoms with Gasteiger partial charge < -0.3 is 34.1 Å². The van der Waals surface area contributed by atoms with E-state index in [1.807, 2.05) is 26.0 Å². The molecule has 10 heteroatoms. The van der Waals surface area contributed by atoms with Crippen LogP contribution in [0.1, 0.15) is 19.4 Å². The van der Waals surface area contributed by atoms with Gasteiger partial charge in [-0.15, -0.1) is 24.0 Å². The zero-order chi connectivity index (χ0) is 21.9. The highest BCUT2D eigenvalue weighted by molar-refractivity contribution is 14.0. The van der Waals surface area contributed by atoms with Gasteiger partial charge in [0.15, 0.2) is 5.96 Å². The fourth-order valence-electron chi connectivity index (χ4n) is 3.34. The summed E-state index contributed by atoms with van der Waals surface area (Å²) in [6.07, 6.45) is 0.409. The Morgan fingerprint density at radius 1 is 1.00 bits per heavy atom. The Morgan fingerprint density at radius 3 is 2.06 bits per heavy atom. The lowest BCUT2D eigenvalue weighted by molar-refractivity contribution is 0.0914. The summed E-state index contributed by atoms with van der Waals surface area (Å²) in [5, 5.41) is 3.34. The minimum absolute atomic E-state index is 0. The van der Waals surface area contributed by atoms with Crippen LogP contribution in [0.5, 0.6) is 17.2 Å². The number of nitrogens with zero attached hydrogens (tertiary/aromatic N) is 3. The highest BCUT2D eigenvalue weighted by Crippen LogP contribution is 2.34. The largest absolute Gasteiger partial charge is 0.496 e. The molecule has 0 aromatic heterocycles. The number of nitrogens with one attached hydrogen (secondary N) is 1. The quantitative estimate of drug-likeness (QED) is 0.303. The van der Waals surface area contributed by atoms with Crippen molar-refractivity contribution in [1.29, 1.82) is 0 Å². The van der Waals surface area contributed by atoms with Gasteiger partial charge in [-0.2, -0.15) is 0 Å². The number of carbonyl (C=O) groups is 1. The number of halogens is 1. The Hall–Kier alpha value is -2.11. The molecule has 0 spiro atoms. The number of amides is 1. The van der Waals surface area contributed by atoms with Crippen LogP contribution in [0, 0.1) is 0 Å². The van der Waals surface area contributed by atoms with Crippen LogP contribution in [0.4, 0.5) is 4.79 Å². The van der Waals surface area contributed by atoms with Crippen LogP contribution in [0.15, 0.2) is 17.1 Å². The Labute approximate surface area is 202 Å². The predicted octanol–water partition coefficient (Wildman–Crippen LogP) is 2.61. The van der Waals surface area contributed by atoms with E-state index < -0.39 is 0 Å². The summed E-state index contributed by atoms with van der Waals surface area (Å²) in [6, 6.07) is 3.70. The molecule has 1 saturated heterocycles. The van der Waals surface area contributed by atoms with Crippen molar-refractivity contribution in [3.8, 4) is 17.2 Å². The van der Waals surface area contributed by atoms with Crippen LogP contribution in [0.25, 0.3) is 0 Å². The van der Waals surface area contributed by atoms with Gasteiger partial charge in [0, 0.05) is 57.0 Å². The minimum Gasteiger partial charge on any atom is -0.496 e. The maximum absolute atomic E-state index is 11.9. The number of hydrogen-bond donors (Lipinski definition) is 1. The van der Waals surface area contributed by atoms with Crippen molar-refractivity contribution >= 4 is 36.0 Å². The number of rotatable bonds is 8. The summed E-state index contributed by atoms with van der Waals surface area (Å²) in [5.41, 5.74) is 0.951. The van der Waals surface area contributed by atoms with Gasteiger partial charge >= 0.3 is 6.09 Å². The van der Waals surface area contributed by atoms with E-state index in [4.69, 9.17) is 23.9 Å². The Bertz CT molecular complexity index is 699. The monoisotopic (exact) mass is 550 g/mol. The summed E-state index contributed by atoms with van der Waals surface area (Å²) < 4.78 is 21.4. The predicted molar refractivity (Wildman–Crippen MR) is 131 cm³/mol. The van der Waals surface area contributed by atoms with E-state index >= 15 is 0 Å². The molecule has 0 atom stereocenters. The number of piperazine rings is 1. The van der Waals surface area contributed by atoms with Gasteiger partial charge in [0.05, 0.1) is 27.9 Å². The van der Waals surface area contributed by atoms with E-state index in [2.05, 4.69) is 10.2 Å². The summed E-state index contributed by atoms with van der Waals surface area (Å²) in [6.45, 7) is 8.23. The maximum atomic E-state index is 11.9. The number of guanidine groups is 1. The molecule has 0 saturated carbocycles. The van der Waals surface area contributed by atoms with Crippen LogP contribution >= 0.6 is 24.0 Å². The molecule has 176 valence electrons. The molecule has 1 aliphatic heterocycles. The highest BCUT2D eigenvalue weighted by atomic mass is 127.